The van der Waals surface area contributed by atoms with Gasteiger partial charge in [-0.3, -0.25) is 5.10 Å². The van der Waals surface area contributed by atoms with Gasteiger partial charge in [-0.25, -0.2) is 13.6 Å². The number of methoxy groups -OCH3 is 1. The highest BCUT2D eigenvalue weighted by Gasteiger charge is 2.47. The van der Waals surface area contributed by atoms with E-state index in [1.807, 2.05) is 0 Å². The van der Waals surface area contributed by atoms with Crippen molar-refractivity contribution in [2.45, 2.75) is 65.0 Å². The van der Waals surface area contributed by atoms with E-state index in [9.17, 15) is 26.7 Å². The van der Waals surface area contributed by atoms with Gasteiger partial charge in [-0.2, -0.15) is 18.3 Å². The first-order valence-corrected chi connectivity index (χ1v) is 11.1. The zero-order chi connectivity index (χ0) is 26.3. The summed E-state index contributed by atoms with van der Waals surface area (Å²) in [6.45, 7) is 8.08. The molecule has 192 valence electrons. The Morgan fingerprint density at radius 2 is 1.89 bits per heavy atom. The number of halogens is 5. The number of aromatic amines is 1. The normalized spacial score (nSPS) is 16.9. The van der Waals surface area contributed by atoms with Crippen molar-refractivity contribution in [3.63, 3.8) is 0 Å². The molecule has 1 aromatic carbocycles. The van der Waals surface area contributed by atoms with Crippen molar-refractivity contribution in [3.8, 4) is 0 Å². The number of rotatable bonds is 6. The van der Waals surface area contributed by atoms with Crippen LogP contribution in [0.2, 0.25) is 0 Å². The summed E-state index contributed by atoms with van der Waals surface area (Å²) in [5, 5.41) is 5.99. The van der Waals surface area contributed by atoms with Crippen molar-refractivity contribution in [1.82, 2.24) is 15.1 Å². The maximum Gasteiger partial charge on any atom is 0.433 e. The third-order valence-corrected chi connectivity index (χ3v) is 5.78. The van der Waals surface area contributed by atoms with Crippen LogP contribution in [0.4, 0.5) is 22.0 Å². The minimum Gasteiger partial charge on any atom is -0.459 e. The molecule has 0 aliphatic carbocycles. The monoisotopic (exact) mass is 501 g/mol. The van der Waals surface area contributed by atoms with Crippen LogP contribution >= 0.6 is 0 Å². The van der Waals surface area contributed by atoms with Gasteiger partial charge < -0.3 is 14.4 Å². The SMILES string of the molecule is CCC1=C(C(=O)OC(C)C)c2n[nH]c(C(F)(F)F)c2C(C)(C)CN1C(OC)c1ccc(F)c(F)c1. The maximum absolute atomic E-state index is 14.1. The lowest BCUT2D eigenvalue weighted by Gasteiger charge is -2.39. The number of nitrogens with one attached hydrogen (secondary N) is 1. The van der Waals surface area contributed by atoms with Crippen LogP contribution in [-0.2, 0) is 25.9 Å². The van der Waals surface area contributed by atoms with Crippen LogP contribution in [0.1, 0.15) is 69.8 Å². The molecule has 1 unspecified atom stereocenters. The molecule has 0 amide bonds. The lowest BCUT2D eigenvalue weighted by molar-refractivity contribution is -0.142. The second-order valence-electron chi connectivity index (χ2n) is 9.22. The number of fused-ring (bicyclic) bond motifs is 1. The number of hydrogen-bond donors (Lipinski definition) is 1. The van der Waals surface area contributed by atoms with Crippen molar-refractivity contribution in [3.05, 3.63) is 58.0 Å². The number of benzene rings is 1. The van der Waals surface area contributed by atoms with Crippen molar-refractivity contribution >= 4 is 11.5 Å². The molecule has 0 saturated heterocycles. The van der Waals surface area contributed by atoms with Crippen molar-refractivity contribution in [2.24, 2.45) is 0 Å². The number of aromatic nitrogens is 2. The molecule has 2 heterocycles. The first kappa shape index (κ1) is 26.7. The molecular formula is C24H28F5N3O3. The molecule has 1 aliphatic rings. The van der Waals surface area contributed by atoms with Crippen molar-refractivity contribution < 1.29 is 36.2 Å². The van der Waals surface area contributed by atoms with Crippen molar-refractivity contribution in [1.29, 1.82) is 0 Å². The first-order chi connectivity index (χ1) is 16.2. The van der Waals surface area contributed by atoms with Gasteiger partial charge in [0.05, 0.1) is 6.10 Å². The molecule has 0 fully saturated rings. The van der Waals surface area contributed by atoms with Crippen LogP contribution < -0.4 is 0 Å². The Labute approximate surface area is 200 Å². The van der Waals surface area contributed by atoms with Gasteiger partial charge in [-0.05, 0) is 32.4 Å². The van der Waals surface area contributed by atoms with E-state index in [1.54, 1.807) is 39.5 Å². The van der Waals surface area contributed by atoms with Gasteiger partial charge in [0.25, 0.3) is 0 Å². The largest absolute Gasteiger partial charge is 0.459 e. The predicted molar refractivity (Wildman–Crippen MR) is 118 cm³/mol. The number of nitrogens with zero attached hydrogens (tertiary/aromatic N) is 2. The molecule has 3 rings (SSSR count). The summed E-state index contributed by atoms with van der Waals surface area (Å²) < 4.78 is 80.6. The average molecular weight is 501 g/mol. The maximum atomic E-state index is 14.1. The summed E-state index contributed by atoms with van der Waals surface area (Å²) in [5.41, 5.74) is -2.23. The summed E-state index contributed by atoms with van der Waals surface area (Å²) in [5.74, 6) is -3.00. The molecule has 1 aromatic heterocycles. The number of esters is 1. The lowest BCUT2D eigenvalue weighted by Crippen LogP contribution is -2.39. The highest BCUT2D eigenvalue weighted by Crippen LogP contribution is 2.46. The minimum absolute atomic E-state index is 0.0538. The van der Waals surface area contributed by atoms with Gasteiger partial charge in [-0.15, -0.1) is 0 Å². The molecule has 6 nitrogen and oxygen atoms in total. The molecule has 1 atom stereocenters. The van der Waals surface area contributed by atoms with E-state index in [-0.39, 0.29) is 35.4 Å². The molecule has 0 bridgehead atoms. The van der Waals surface area contributed by atoms with E-state index in [1.165, 1.54) is 13.2 Å². The van der Waals surface area contributed by atoms with Crippen molar-refractivity contribution in [2.75, 3.05) is 13.7 Å². The second kappa shape index (κ2) is 9.60. The second-order valence-corrected chi connectivity index (χ2v) is 9.22. The fraction of sp³-hybridized carbons (Fsp3) is 0.500. The number of carbonyl (C=O) groups excluding carboxylic acids is 1. The third kappa shape index (κ3) is 5.05. The average Bonchev–Trinajstić information content (AvgIpc) is 3.16. The molecular weight excluding hydrogens is 473 g/mol. The molecule has 1 aliphatic heterocycles. The van der Waals surface area contributed by atoms with E-state index in [0.717, 1.165) is 12.1 Å². The molecule has 0 spiro atoms. The number of allylic oxidation sites excluding steroid dienone is 1. The number of H-pyrrole nitrogens is 1. The highest BCUT2D eigenvalue weighted by molar-refractivity contribution is 6.17. The standard InChI is InChI=1S/C24H28F5N3O3/c1-7-16-17(22(33)35-12(2)3)19-18(20(31-30-19)24(27,28)29)23(4,5)11-32(16)21(34-6)13-8-9-14(25)15(26)10-13/h8-10,12,21H,7,11H2,1-6H3,(H,30,31). The van der Waals surface area contributed by atoms with Gasteiger partial charge in [0, 0.05) is 35.9 Å². The first-order valence-electron chi connectivity index (χ1n) is 11.1. The molecule has 2 aromatic rings. The lowest BCUT2D eigenvalue weighted by atomic mass is 9.81. The number of alkyl halides is 3. The Hall–Kier alpha value is -2.95. The Bertz CT molecular complexity index is 1140. The number of ether oxygens (including phenoxy) is 2. The van der Waals surface area contributed by atoms with E-state index in [4.69, 9.17) is 9.47 Å². The van der Waals surface area contributed by atoms with Gasteiger partial charge in [-0.1, -0.05) is 26.8 Å². The van der Waals surface area contributed by atoms with Crippen LogP contribution in [0.15, 0.2) is 23.9 Å². The summed E-state index contributed by atoms with van der Waals surface area (Å²) in [6.07, 6.45) is -6.15. The zero-order valence-corrected chi connectivity index (χ0v) is 20.3. The molecule has 1 N–H and O–H groups in total. The predicted octanol–water partition coefficient (Wildman–Crippen LogP) is 5.72. The van der Waals surface area contributed by atoms with E-state index < -0.39 is 47.2 Å². The summed E-state index contributed by atoms with van der Waals surface area (Å²) in [6, 6.07) is 3.22. The van der Waals surface area contributed by atoms with Gasteiger partial charge >= 0.3 is 12.1 Å². The van der Waals surface area contributed by atoms with Gasteiger partial charge in [0.15, 0.2) is 17.9 Å². The molecule has 35 heavy (non-hydrogen) atoms. The van der Waals surface area contributed by atoms with Gasteiger partial charge in [0.2, 0.25) is 0 Å². The summed E-state index contributed by atoms with van der Waals surface area (Å²) in [7, 11) is 1.34. The summed E-state index contributed by atoms with van der Waals surface area (Å²) >= 11 is 0. The van der Waals surface area contributed by atoms with E-state index in [0.29, 0.717) is 5.70 Å². The Morgan fingerprint density at radius 1 is 1.23 bits per heavy atom. The Morgan fingerprint density at radius 3 is 2.40 bits per heavy atom. The van der Waals surface area contributed by atoms with Crippen LogP contribution in [0, 0.1) is 11.6 Å². The highest BCUT2D eigenvalue weighted by atomic mass is 19.4. The quantitative estimate of drug-likeness (QED) is 0.405. The Balaban J connectivity index is 2.33. The Kier molecular flexibility index (Phi) is 7.31. The summed E-state index contributed by atoms with van der Waals surface area (Å²) in [4.78, 5) is 14.9. The molecule has 11 heteroatoms. The van der Waals surface area contributed by atoms with Gasteiger partial charge in [0.1, 0.15) is 17.0 Å². The topological polar surface area (TPSA) is 67.5 Å². The number of hydrogen-bond acceptors (Lipinski definition) is 5. The van der Waals surface area contributed by atoms with E-state index >= 15 is 0 Å². The van der Waals surface area contributed by atoms with Crippen LogP contribution in [-0.4, -0.2) is 40.8 Å². The smallest absolute Gasteiger partial charge is 0.433 e. The molecule has 0 radical (unpaired) electrons. The zero-order valence-electron chi connectivity index (χ0n) is 20.3. The third-order valence-electron chi connectivity index (χ3n) is 5.78. The van der Waals surface area contributed by atoms with Crippen LogP contribution in [0.25, 0.3) is 5.57 Å². The fourth-order valence-electron chi connectivity index (χ4n) is 4.47. The minimum atomic E-state index is -4.76. The molecule has 0 saturated carbocycles. The number of carbonyl (C=O) groups is 1. The van der Waals surface area contributed by atoms with Crippen LogP contribution in [0.3, 0.4) is 0 Å². The van der Waals surface area contributed by atoms with E-state index in [2.05, 4.69) is 10.2 Å². The fourth-order valence-corrected chi connectivity index (χ4v) is 4.47. The van der Waals surface area contributed by atoms with Crippen LogP contribution in [0.5, 0.6) is 0 Å².